The molecule has 0 aliphatic rings. The van der Waals surface area contributed by atoms with E-state index in [1.165, 1.54) is 25.7 Å². The molecule has 0 spiro atoms. The van der Waals surface area contributed by atoms with Crippen molar-refractivity contribution in [3.63, 3.8) is 0 Å². The average molecular weight is 209 g/mol. The number of carbonyl (C=O) groups excluding carboxylic acids is 1. The van der Waals surface area contributed by atoms with Crippen LogP contribution in [0.15, 0.2) is 0 Å². The Morgan fingerprint density at radius 1 is 1.15 bits per heavy atom. The lowest BCUT2D eigenvalue weighted by Gasteiger charge is -1.99. The largest absolute Gasteiger partial charge is 0.294 e. The lowest BCUT2D eigenvalue weighted by molar-refractivity contribution is -0.121. The van der Waals surface area contributed by atoms with E-state index < -0.39 is 0 Å². The molecule has 4 heteroatoms. The Morgan fingerprint density at radius 2 is 1.69 bits per heavy atom. The van der Waals surface area contributed by atoms with Gasteiger partial charge in [-0.3, -0.25) is 10.2 Å². The maximum atomic E-state index is 10.7. The molecule has 0 radical (unpaired) electrons. The number of hydrazine groups is 1. The molecule has 0 aliphatic carbocycles. The van der Waals surface area contributed by atoms with Crippen molar-refractivity contribution >= 4 is 18.3 Å². The molecule has 0 aromatic carbocycles. The fourth-order valence-corrected chi connectivity index (χ4v) is 1.14. The van der Waals surface area contributed by atoms with Crippen LogP contribution in [-0.2, 0) is 4.79 Å². The zero-order valence-corrected chi connectivity index (χ0v) is 9.16. The first-order valence-corrected chi connectivity index (χ1v) is 4.80. The Balaban J connectivity index is 0. The Kier molecular flexibility index (Phi) is 13.7. The van der Waals surface area contributed by atoms with Gasteiger partial charge in [0.15, 0.2) is 0 Å². The van der Waals surface area contributed by atoms with Gasteiger partial charge in [-0.05, 0) is 6.42 Å². The third kappa shape index (κ3) is 11.7. The second kappa shape index (κ2) is 11.7. The number of rotatable bonds is 7. The number of nitrogens with one attached hydrogen (secondary N) is 1. The molecule has 80 valence electrons. The van der Waals surface area contributed by atoms with Crippen molar-refractivity contribution in [1.29, 1.82) is 0 Å². The normalized spacial score (nSPS) is 9.08. The van der Waals surface area contributed by atoms with Gasteiger partial charge in [0.05, 0.1) is 0 Å². The summed E-state index contributed by atoms with van der Waals surface area (Å²) in [4.78, 5) is 10.7. The Bertz CT molecular complexity index is 120. The first kappa shape index (κ1) is 15.2. The monoisotopic (exact) mass is 208 g/mol. The number of hydrogen-bond donors (Lipinski definition) is 2. The zero-order valence-electron chi connectivity index (χ0n) is 8.34. The molecule has 3 N–H and O–H groups in total. The Labute approximate surface area is 86.8 Å². The summed E-state index contributed by atoms with van der Waals surface area (Å²) >= 11 is 0. The van der Waals surface area contributed by atoms with E-state index in [0.717, 1.165) is 12.8 Å². The zero-order chi connectivity index (χ0) is 9.23. The van der Waals surface area contributed by atoms with Crippen LogP contribution in [0.4, 0.5) is 0 Å². The van der Waals surface area contributed by atoms with E-state index in [2.05, 4.69) is 12.3 Å². The molecule has 0 unspecified atom stereocenters. The molecule has 0 fully saturated rings. The molecule has 13 heavy (non-hydrogen) atoms. The van der Waals surface area contributed by atoms with Gasteiger partial charge in [0.2, 0.25) is 5.91 Å². The first-order valence-electron chi connectivity index (χ1n) is 4.80. The van der Waals surface area contributed by atoms with Crippen molar-refractivity contribution in [3.05, 3.63) is 0 Å². The average Bonchev–Trinajstić information content (AvgIpc) is 2.10. The van der Waals surface area contributed by atoms with E-state index in [1.54, 1.807) is 0 Å². The summed E-state index contributed by atoms with van der Waals surface area (Å²) in [5, 5.41) is 0. The molecule has 0 aromatic heterocycles. The van der Waals surface area contributed by atoms with Crippen molar-refractivity contribution in [2.75, 3.05) is 0 Å². The summed E-state index contributed by atoms with van der Waals surface area (Å²) in [6.07, 6.45) is 7.79. The predicted molar refractivity (Wildman–Crippen MR) is 57.6 cm³/mol. The lowest BCUT2D eigenvalue weighted by Crippen LogP contribution is -2.29. The van der Waals surface area contributed by atoms with Crippen LogP contribution < -0.4 is 11.3 Å². The highest BCUT2D eigenvalue weighted by atomic mass is 35.5. The standard InChI is InChI=1S/C9H20N2O.ClH/c1-2-3-4-5-6-7-8-9(12)11-10;/h2-8,10H2,1H3,(H,11,12);1H. The van der Waals surface area contributed by atoms with Gasteiger partial charge in [0.25, 0.3) is 0 Å². The third-order valence-electron chi connectivity index (χ3n) is 1.92. The van der Waals surface area contributed by atoms with Crippen molar-refractivity contribution in [3.8, 4) is 0 Å². The van der Waals surface area contributed by atoms with Gasteiger partial charge >= 0.3 is 0 Å². The summed E-state index contributed by atoms with van der Waals surface area (Å²) in [6, 6.07) is 0. The first-order chi connectivity index (χ1) is 5.81. The second-order valence-electron chi connectivity index (χ2n) is 3.09. The molecular weight excluding hydrogens is 188 g/mol. The van der Waals surface area contributed by atoms with E-state index in [-0.39, 0.29) is 18.3 Å². The molecule has 0 rings (SSSR count). The molecule has 0 aliphatic heterocycles. The molecule has 0 saturated carbocycles. The van der Waals surface area contributed by atoms with Crippen molar-refractivity contribution in [2.24, 2.45) is 5.84 Å². The predicted octanol–water partition coefficient (Wildman–Crippen LogP) is 2.15. The summed E-state index contributed by atoms with van der Waals surface area (Å²) in [7, 11) is 0. The van der Waals surface area contributed by atoms with E-state index in [9.17, 15) is 4.79 Å². The highest BCUT2D eigenvalue weighted by Crippen LogP contribution is 2.06. The maximum Gasteiger partial charge on any atom is 0.233 e. The molecule has 0 saturated heterocycles. The van der Waals surface area contributed by atoms with Crippen LogP contribution >= 0.6 is 12.4 Å². The number of nitrogens with two attached hydrogens (primary N) is 1. The fourth-order valence-electron chi connectivity index (χ4n) is 1.14. The summed E-state index contributed by atoms with van der Waals surface area (Å²) < 4.78 is 0. The second-order valence-corrected chi connectivity index (χ2v) is 3.09. The molecular formula is C9H21ClN2O. The van der Waals surface area contributed by atoms with E-state index in [1.807, 2.05) is 0 Å². The van der Waals surface area contributed by atoms with Gasteiger partial charge in [-0.25, -0.2) is 5.84 Å². The lowest BCUT2D eigenvalue weighted by atomic mass is 10.1. The molecule has 1 amide bonds. The number of halogens is 1. The minimum absolute atomic E-state index is 0. The SMILES string of the molecule is CCCCCCCCC(=O)NN.Cl. The van der Waals surface area contributed by atoms with Crippen molar-refractivity contribution < 1.29 is 4.79 Å². The minimum Gasteiger partial charge on any atom is -0.294 e. The van der Waals surface area contributed by atoms with E-state index in [4.69, 9.17) is 5.84 Å². The Hall–Kier alpha value is -0.280. The topological polar surface area (TPSA) is 55.1 Å². The van der Waals surface area contributed by atoms with Crippen molar-refractivity contribution in [1.82, 2.24) is 5.43 Å². The highest BCUT2D eigenvalue weighted by Gasteiger charge is 1.96. The fraction of sp³-hybridized carbons (Fsp3) is 0.889. The number of amides is 1. The maximum absolute atomic E-state index is 10.7. The van der Waals surface area contributed by atoms with E-state index >= 15 is 0 Å². The van der Waals surface area contributed by atoms with Gasteiger partial charge in [-0.1, -0.05) is 39.0 Å². The van der Waals surface area contributed by atoms with Crippen LogP contribution in [0.5, 0.6) is 0 Å². The van der Waals surface area contributed by atoms with Gasteiger partial charge < -0.3 is 0 Å². The Morgan fingerprint density at radius 3 is 2.23 bits per heavy atom. The van der Waals surface area contributed by atoms with E-state index in [0.29, 0.717) is 6.42 Å². The van der Waals surface area contributed by atoms with Gasteiger partial charge in [0.1, 0.15) is 0 Å². The third-order valence-corrected chi connectivity index (χ3v) is 1.92. The molecule has 0 aromatic rings. The molecule has 3 nitrogen and oxygen atoms in total. The van der Waals surface area contributed by atoms with Crippen LogP contribution in [0.25, 0.3) is 0 Å². The van der Waals surface area contributed by atoms with Gasteiger partial charge in [0, 0.05) is 6.42 Å². The summed E-state index contributed by atoms with van der Waals surface area (Å²) in [5.74, 6) is 4.88. The van der Waals surface area contributed by atoms with Crippen LogP contribution in [0.1, 0.15) is 51.9 Å². The van der Waals surface area contributed by atoms with Gasteiger partial charge in [-0.2, -0.15) is 0 Å². The number of hydrogen-bond acceptors (Lipinski definition) is 2. The highest BCUT2D eigenvalue weighted by molar-refractivity contribution is 5.85. The number of carbonyl (C=O) groups is 1. The minimum atomic E-state index is -0.0505. The molecule has 0 atom stereocenters. The van der Waals surface area contributed by atoms with Crippen LogP contribution in [-0.4, -0.2) is 5.91 Å². The summed E-state index contributed by atoms with van der Waals surface area (Å²) in [5.41, 5.74) is 2.13. The van der Waals surface area contributed by atoms with Crippen molar-refractivity contribution in [2.45, 2.75) is 51.9 Å². The number of unbranched alkanes of at least 4 members (excludes halogenated alkanes) is 5. The molecule has 0 heterocycles. The smallest absolute Gasteiger partial charge is 0.233 e. The van der Waals surface area contributed by atoms with Crippen LogP contribution in [0, 0.1) is 0 Å². The van der Waals surface area contributed by atoms with Crippen LogP contribution in [0.2, 0.25) is 0 Å². The molecule has 0 bridgehead atoms. The quantitative estimate of drug-likeness (QED) is 0.292. The van der Waals surface area contributed by atoms with Gasteiger partial charge in [-0.15, -0.1) is 12.4 Å². The summed E-state index contributed by atoms with van der Waals surface area (Å²) in [6.45, 7) is 2.20. The van der Waals surface area contributed by atoms with Crippen LogP contribution in [0.3, 0.4) is 0 Å².